The first-order chi connectivity index (χ1) is 11.1. The number of phenols is 3. The van der Waals surface area contributed by atoms with Crippen LogP contribution in [0.1, 0.15) is 10.4 Å². The minimum atomic E-state index is 0.0347. The molecule has 3 N–H and O–H groups in total. The van der Waals surface area contributed by atoms with Crippen LogP contribution in [0.15, 0.2) is 84.9 Å². The van der Waals surface area contributed by atoms with E-state index in [0.717, 1.165) is 0 Å². The molecule has 0 fully saturated rings. The predicted molar refractivity (Wildman–Crippen MR) is 89.7 cm³/mol. The second-order valence-corrected chi connectivity index (χ2v) is 4.35. The van der Waals surface area contributed by atoms with Gasteiger partial charge in [0.1, 0.15) is 17.2 Å². The van der Waals surface area contributed by atoms with E-state index in [1.165, 1.54) is 6.07 Å². The van der Waals surface area contributed by atoms with E-state index in [0.29, 0.717) is 23.3 Å². The number of benzene rings is 3. The standard InChI is InChI=1S/C7H6O2.2C6H6O/c8-5-6-3-1-2-4-7(6)9;2*7-6-4-2-1-3-5-6/h1-5,9H;2*1-5,7H. The maximum atomic E-state index is 10.1. The summed E-state index contributed by atoms with van der Waals surface area (Å²) in [6.45, 7) is 0. The van der Waals surface area contributed by atoms with Crippen LogP contribution in [0.25, 0.3) is 0 Å². The molecule has 0 aliphatic carbocycles. The second-order valence-electron chi connectivity index (χ2n) is 4.35. The third kappa shape index (κ3) is 7.92. The molecule has 0 aliphatic heterocycles. The fourth-order valence-electron chi connectivity index (χ4n) is 1.44. The van der Waals surface area contributed by atoms with E-state index in [1.807, 2.05) is 12.1 Å². The van der Waals surface area contributed by atoms with E-state index in [1.54, 1.807) is 66.7 Å². The third-order valence-corrected chi connectivity index (χ3v) is 2.58. The van der Waals surface area contributed by atoms with Crippen molar-refractivity contribution >= 4 is 6.29 Å². The van der Waals surface area contributed by atoms with Crippen molar-refractivity contribution in [3.63, 3.8) is 0 Å². The van der Waals surface area contributed by atoms with Gasteiger partial charge in [-0.05, 0) is 36.4 Å². The third-order valence-electron chi connectivity index (χ3n) is 2.58. The van der Waals surface area contributed by atoms with Gasteiger partial charge in [0.2, 0.25) is 0 Å². The lowest BCUT2D eigenvalue weighted by Crippen LogP contribution is -1.77. The molecular formula is C19H18O4. The van der Waals surface area contributed by atoms with Gasteiger partial charge in [0.05, 0.1) is 5.56 Å². The van der Waals surface area contributed by atoms with Crippen LogP contribution < -0.4 is 0 Å². The summed E-state index contributed by atoms with van der Waals surface area (Å²) < 4.78 is 0. The van der Waals surface area contributed by atoms with Gasteiger partial charge in [0.25, 0.3) is 0 Å². The first kappa shape index (κ1) is 17.8. The van der Waals surface area contributed by atoms with Gasteiger partial charge in [-0.3, -0.25) is 4.79 Å². The van der Waals surface area contributed by atoms with Crippen molar-refractivity contribution in [3.05, 3.63) is 90.5 Å². The Morgan fingerprint density at radius 1 is 0.565 bits per heavy atom. The summed E-state index contributed by atoms with van der Waals surface area (Å²) in [5.41, 5.74) is 0.331. The fourth-order valence-corrected chi connectivity index (χ4v) is 1.44. The first-order valence-electron chi connectivity index (χ1n) is 6.84. The monoisotopic (exact) mass is 310 g/mol. The van der Waals surface area contributed by atoms with Gasteiger partial charge in [0, 0.05) is 0 Å². The summed E-state index contributed by atoms with van der Waals surface area (Å²) >= 11 is 0. The minimum Gasteiger partial charge on any atom is -0.508 e. The van der Waals surface area contributed by atoms with Crippen LogP contribution >= 0.6 is 0 Å². The van der Waals surface area contributed by atoms with Crippen LogP contribution in [-0.4, -0.2) is 21.6 Å². The highest BCUT2D eigenvalue weighted by molar-refractivity contribution is 5.78. The molecule has 0 atom stereocenters. The molecule has 0 amide bonds. The summed E-state index contributed by atoms with van der Waals surface area (Å²) in [4.78, 5) is 10.1. The molecule has 3 rings (SSSR count). The molecule has 0 aliphatic rings. The molecule has 0 spiro atoms. The SMILES string of the molecule is O=Cc1ccccc1O.Oc1ccccc1.Oc1ccccc1. The van der Waals surface area contributed by atoms with Gasteiger partial charge in [-0.1, -0.05) is 48.5 Å². The van der Waals surface area contributed by atoms with E-state index in [-0.39, 0.29) is 5.75 Å². The largest absolute Gasteiger partial charge is 0.508 e. The molecule has 0 saturated heterocycles. The van der Waals surface area contributed by atoms with Crippen molar-refractivity contribution in [3.8, 4) is 17.2 Å². The Kier molecular flexibility index (Phi) is 8.08. The van der Waals surface area contributed by atoms with E-state index < -0.39 is 0 Å². The molecule has 0 aromatic heterocycles. The molecular weight excluding hydrogens is 292 g/mol. The highest BCUT2D eigenvalue weighted by Gasteiger charge is 1.93. The maximum absolute atomic E-state index is 10.1. The van der Waals surface area contributed by atoms with Crippen LogP contribution in [0.3, 0.4) is 0 Å². The molecule has 0 bridgehead atoms. The Balaban J connectivity index is 0.000000175. The molecule has 0 unspecified atom stereocenters. The summed E-state index contributed by atoms with van der Waals surface area (Å²) in [6, 6.07) is 23.8. The maximum Gasteiger partial charge on any atom is 0.153 e. The number of carbonyl (C=O) groups is 1. The molecule has 4 nitrogen and oxygen atoms in total. The summed E-state index contributed by atoms with van der Waals surface area (Å²) in [5, 5.41) is 26.1. The van der Waals surface area contributed by atoms with E-state index in [9.17, 15) is 4.79 Å². The molecule has 3 aromatic carbocycles. The van der Waals surface area contributed by atoms with Crippen molar-refractivity contribution in [2.75, 3.05) is 0 Å². The highest BCUT2D eigenvalue weighted by Crippen LogP contribution is 2.11. The van der Waals surface area contributed by atoms with Crippen molar-refractivity contribution in [2.45, 2.75) is 0 Å². The molecule has 4 heteroatoms. The van der Waals surface area contributed by atoms with Crippen molar-refractivity contribution in [1.29, 1.82) is 0 Å². The van der Waals surface area contributed by atoms with Gasteiger partial charge in [-0.15, -0.1) is 0 Å². The molecule has 23 heavy (non-hydrogen) atoms. The lowest BCUT2D eigenvalue weighted by Gasteiger charge is -1.91. The normalized spacial score (nSPS) is 8.70. The predicted octanol–water partition coefficient (Wildman–Crippen LogP) is 3.99. The van der Waals surface area contributed by atoms with Gasteiger partial charge in [0.15, 0.2) is 6.29 Å². The van der Waals surface area contributed by atoms with Crippen LogP contribution in [0.2, 0.25) is 0 Å². The van der Waals surface area contributed by atoms with Crippen molar-refractivity contribution in [1.82, 2.24) is 0 Å². The van der Waals surface area contributed by atoms with Crippen molar-refractivity contribution in [2.24, 2.45) is 0 Å². The van der Waals surface area contributed by atoms with Crippen LogP contribution in [-0.2, 0) is 0 Å². The number of para-hydroxylation sites is 3. The van der Waals surface area contributed by atoms with Gasteiger partial charge >= 0.3 is 0 Å². The number of rotatable bonds is 1. The molecule has 0 saturated carbocycles. The average molecular weight is 310 g/mol. The zero-order valence-corrected chi connectivity index (χ0v) is 12.4. The zero-order chi connectivity index (χ0) is 16.9. The summed E-state index contributed by atoms with van der Waals surface area (Å²) in [6.07, 6.45) is 0.620. The highest BCUT2D eigenvalue weighted by atomic mass is 16.3. The van der Waals surface area contributed by atoms with E-state index in [2.05, 4.69) is 0 Å². The molecule has 0 heterocycles. The topological polar surface area (TPSA) is 77.8 Å². The Morgan fingerprint density at radius 2 is 0.957 bits per heavy atom. The smallest absolute Gasteiger partial charge is 0.153 e. The Bertz CT molecular complexity index is 645. The zero-order valence-electron chi connectivity index (χ0n) is 12.4. The second kappa shape index (κ2) is 10.5. The number of hydrogen-bond donors (Lipinski definition) is 3. The van der Waals surface area contributed by atoms with Gasteiger partial charge in [-0.2, -0.15) is 0 Å². The molecule has 3 aromatic rings. The number of aromatic hydroxyl groups is 3. The average Bonchev–Trinajstić information content (AvgIpc) is 2.58. The minimum absolute atomic E-state index is 0.0347. The number of carbonyl (C=O) groups excluding carboxylic acids is 1. The van der Waals surface area contributed by atoms with E-state index >= 15 is 0 Å². The van der Waals surface area contributed by atoms with Crippen LogP contribution in [0.5, 0.6) is 17.2 Å². The quantitative estimate of drug-likeness (QED) is 0.594. The lowest BCUT2D eigenvalue weighted by atomic mass is 10.2. The van der Waals surface area contributed by atoms with Crippen LogP contribution in [0.4, 0.5) is 0 Å². The van der Waals surface area contributed by atoms with Crippen molar-refractivity contribution < 1.29 is 20.1 Å². The van der Waals surface area contributed by atoms with E-state index in [4.69, 9.17) is 15.3 Å². The first-order valence-corrected chi connectivity index (χ1v) is 6.84. The molecule has 0 radical (unpaired) electrons. The van der Waals surface area contributed by atoms with Crippen LogP contribution in [0, 0.1) is 0 Å². The number of hydrogen-bond acceptors (Lipinski definition) is 4. The number of aldehydes is 1. The molecule has 118 valence electrons. The Morgan fingerprint density at radius 3 is 1.22 bits per heavy atom. The van der Waals surface area contributed by atoms with Gasteiger partial charge in [-0.25, -0.2) is 0 Å². The Hall–Kier alpha value is -3.27. The fraction of sp³-hybridized carbons (Fsp3) is 0. The summed E-state index contributed by atoms with van der Waals surface area (Å²) in [5.74, 6) is 0.678. The summed E-state index contributed by atoms with van der Waals surface area (Å²) in [7, 11) is 0. The Labute approximate surface area is 134 Å². The lowest BCUT2D eigenvalue weighted by molar-refractivity contribution is 0.112. The van der Waals surface area contributed by atoms with Gasteiger partial charge < -0.3 is 15.3 Å². The number of phenolic OH excluding ortho intramolecular Hbond substituents is 3.